The normalized spacial score (nSPS) is 19.7. The number of nitrogens with zero attached hydrogens (tertiary/aromatic N) is 3. The average Bonchev–Trinajstić information content (AvgIpc) is 2.74. The third-order valence-corrected chi connectivity index (χ3v) is 11.2. The molecule has 1 aliphatic heterocycles. The van der Waals surface area contributed by atoms with E-state index in [9.17, 15) is 14.4 Å². The standard InChI is InChI=1S/C23H33N5O5Si/c1-13(19-17(21(30)26-19)14(2)33-34(6,7)23(3,4)5)20(29)18(24)22(31)32-12-15-8-10-16(11-9-15)27-28-25/h8-11,13-14,17,19,24H,12H2,1-7H3,(H,26,30)/t13-,14-,17-,19-/m1/s1. The molecule has 2 N–H and O–H groups in total. The molecule has 0 saturated carbocycles. The second-order valence-corrected chi connectivity index (χ2v) is 14.9. The molecule has 1 fully saturated rings. The van der Waals surface area contributed by atoms with Crippen LogP contribution >= 0.6 is 0 Å². The van der Waals surface area contributed by atoms with Gasteiger partial charge >= 0.3 is 5.97 Å². The lowest BCUT2D eigenvalue weighted by atomic mass is 9.76. The van der Waals surface area contributed by atoms with Crippen LogP contribution in [0.1, 0.15) is 40.2 Å². The quantitative estimate of drug-likeness (QED) is 0.0730. The van der Waals surface area contributed by atoms with Crippen molar-refractivity contribution in [1.29, 1.82) is 5.41 Å². The molecule has 4 atom stereocenters. The number of amides is 1. The van der Waals surface area contributed by atoms with Crippen LogP contribution in [-0.4, -0.2) is 43.8 Å². The number of esters is 1. The summed E-state index contributed by atoms with van der Waals surface area (Å²) in [6.45, 7) is 13.8. The maximum atomic E-state index is 12.8. The third-order valence-electron chi connectivity index (χ3n) is 6.66. The predicted molar refractivity (Wildman–Crippen MR) is 130 cm³/mol. The number of benzene rings is 1. The Hall–Kier alpha value is -3.01. The first-order valence-corrected chi connectivity index (χ1v) is 14.0. The van der Waals surface area contributed by atoms with Gasteiger partial charge in [0.25, 0.3) is 0 Å². The molecular weight excluding hydrogens is 454 g/mol. The molecule has 1 saturated heterocycles. The molecule has 10 nitrogen and oxygen atoms in total. The molecule has 1 aromatic rings. The number of Topliss-reactive ketones (excluding diaryl/α,β-unsaturated/α-hetero) is 1. The van der Waals surface area contributed by atoms with E-state index in [1.165, 1.54) is 0 Å². The molecule has 11 heteroatoms. The van der Waals surface area contributed by atoms with Gasteiger partial charge in [0.05, 0.1) is 18.1 Å². The second-order valence-electron chi connectivity index (χ2n) is 10.1. The zero-order valence-electron chi connectivity index (χ0n) is 20.7. The number of azide groups is 1. The molecule has 0 spiro atoms. The summed E-state index contributed by atoms with van der Waals surface area (Å²) in [5.41, 5.74) is 8.69. The van der Waals surface area contributed by atoms with Gasteiger partial charge in [0, 0.05) is 16.5 Å². The van der Waals surface area contributed by atoms with Crippen molar-refractivity contribution in [2.45, 2.75) is 71.5 Å². The fourth-order valence-corrected chi connectivity index (χ4v) is 4.93. The topological polar surface area (TPSA) is 154 Å². The number of β-lactam (4-membered cyclic amide) rings is 1. The summed E-state index contributed by atoms with van der Waals surface area (Å²) in [5.74, 6) is -3.25. The largest absolute Gasteiger partial charge is 0.456 e. The van der Waals surface area contributed by atoms with E-state index in [1.807, 2.05) is 6.92 Å². The van der Waals surface area contributed by atoms with E-state index >= 15 is 0 Å². The molecule has 184 valence electrons. The Bertz CT molecular complexity index is 1010. The molecule has 0 aliphatic carbocycles. The Labute approximate surface area is 200 Å². The fraction of sp³-hybridized carbons (Fsp3) is 0.565. The van der Waals surface area contributed by atoms with Gasteiger partial charge in [-0.15, -0.1) is 0 Å². The van der Waals surface area contributed by atoms with Gasteiger partial charge in [0.2, 0.25) is 5.91 Å². The number of hydrogen-bond donors (Lipinski definition) is 2. The Balaban J connectivity index is 1.98. The van der Waals surface area contributed by atoms with E-state index < -0.39 is 49.8 Å². The van der Waals surface area contributed by atoms with Crippen LogP contribution in [0.25, 0.3) is 10.4 Å². The molecule has 1 aliphatic rings. The van der Waals surface area contributed by atoms with Crippen molar-refractivity contribution in [3.8, 4) is 0 Å². The van der Waals surface area contributed by atoms with E-state index in [0.29, 0.717) is 11.3 Å². The van der Waals surface area contributed by atoms with Gasteiger partial charge < -0.3 is 14.5 Å². The van der Waals surface area contributed by atoms with Gasteiger partial charge in [-0.3, -0.25) is 15.0 Å². The molecule has 34 heavy (non-hydrogen) atoms. The lowest BCUT2D eigenvalue weighted by Crippen LogP contribution is -2.67. The Morgan fingerprint density at radius 3 is 2.32 bits per heavy atom. The number of carbonyl (C=O) groups is 3. The van der Waals surface area contributed by atoms with Crippen molar-refractivity contribution in [2.24, 2.45) is 17.0 Å². The number of rotatable bonds is 10. The Kier molecular flexibility index (Phi) is 8.41. The minimum atomic E-state index is -2.13. The minimum Gasteiger partial charge on any atom is -0.456 e. The molecule has 0 bridgehead atoms. The molecule has 0 unspecified atom stereocenters. The maximum absolute atomic E-state index is 12.8. The monoisotopic (exact) mass is 487 g/mol. The summed E-state index contributed by atoms with van der Waals surface area (Å²) in [4.78, 5) is 40.1. The smallest absolute Gasteiger partial charge is 0.360 e. The summed E-state index contributed by atoms with van der Waals surface area (Å²) in [6.07, 6.45) is -0.399. The van der Waals surface area contributed by atoms with Gasteiger partial charge in [0.15, 0.2) is 19.8 Å². The van der Waals surface area contributed by atoms with E-state index in [0.717, 1.165) is 0 Å². The predicted octanol–water partition coefficient (Wildman–Crippen LogP) is 4.42. The van der Waals surface area contributed by atoms with Crippen molar-refractivity contribution in [2.75, 3.05) is 0 Å². The first-order chi connectivity index (χ1) is 15.7. The summed E-state index contributed by atoms with van der Waals surface area (Å²) >= 11 is 0. The number of ether oxygens (including phenoxy) is 1. The number of hydrogen-bond acceptors (Lipinski definition) is 7. The molecule has 2 rings (SSSR count). The molecular formula is C23H33N5O5Si. The highest BCUT2D eigenvalue weighted by atomic mass is 28.4. The molecule has 1 aromatic carbocycles. The van der Waals surface area contributed by atoms with Gasteiger partial charge in [-0.1, -0.05) is 57.1 Å². The van der Waals surface area contributed by atoms with E-state index in [-0.39, 0.29) is 17.6 Å². The fourth-order valence-electron chi connectivity index (χ4n) is 3.50. The van der Waals surface area contributed by atoms with Crippen molar-refractivity contribution in [1.82, 2.24) is 5.32 Å². The lowest BCUT2D eigenvalue weighted by Gasteiger charge is -2.46. The number of carbonyl (C=O) groups excluding carboxylic acids is 3. The van der Waals surface area contributed by atoms with E-state index in [2.05, 4.69) is 49.2 Å². The van der Waals surface area contributed by atoms with Gasteiger partial charge in [-0.25, -0.2) is 4.79 Å². The molecule has 1 amide bonds. The zero-order valence-corrected chi connectivity index (χ0v) is 21.7. The van der Waals surface area contributed by atoms with Crippen LogP contribution < -0.4 is 5.32 Å². The summed E-state index contributed by atoms with van der Waals surface area (Å²) in [6, 6.07) is 5.83. The summed E-state index contributed by atoms with van der Waals surface area (Å²) in [5, 5.41) is 14.2. The highest BCUT2D eigenvalue weighted by Gasteiger charge is 2.51. The van der Waals surface area contributed by atoms with Crippen LogP contribution in [0.15, 0.2) is 29.4 Å². The van der Waals surface area contributed by atoms with Gasteiger partial charge in [-0.2, -0.15) is 0 Å². The van der Waals surface area contributed by atoms with Crippen LogP contribution in [0.2, 0.25) is 18.1 Å². The van der Waals surface area contributed by atoms with Crippen LogP contribution in [0.4, 0.5) is 5.69 Å². The van der Waals surface area contributed by atoms with Crippen molar-refractivity contribution in [3.05, 3.63) is 40.3 Å². The SMILES string of the molecule is C[C@@H](O[Si](C)(C)C(C)(C)C)[C@H]1C(=O)N[C@@H]1[C@@H](C)C(=O)C(=N)C(=O)OCc1ccc(N=[N+]=[N-])cc1. The molecule has 1 heterocycles. The van der Waals surface area contributed by atoms with E-state index in [4.69, 9.17) is 20.1 Å². The average molecular weight is 488 g/mol. The van der Waals surface area contributed by atoms with Crippen LogP contribution in [-0.2, 0) is 30.2 Å². The van der Waals surface area contributed by atoms with Gasteiger partial charge in [0.1, 0.15) is 6.61 Å². The second kappa shape index (κ2) is 10.5. The van der Waals surface area contributed by atoms with Crippen LogP contribution in [0.5, 0.6) is 0 Å². The van der Waals surface area contributed by atoms with Crippen molar-refractivity contribution in [3.63, 3.8) is 0 Å². The summed E-state index contributed by atoms with van der Waals surface area (Å²) in [7, 11) is -2.13. The Morgan fingerprint density at radius 2 is 1.82 bits per heavy atom. The molecule has 0 radical (unpaired) electrons. The first-order valence-electron chi connectivity index (χ1n) is 11.1. The number of ketones is 1. The highest BCUT2D eigenvalue weighted by molar-refractivity contribution is 6.74. The van der Waals surface area contributed by atoms with Gasteiger partial charge in [-0.05, 0) is 36.2 Å². The van der Waals surface area contributed by atoms with E-state index in [1.54, 1.807) is 31.2 Å². The van der Waals surface area contributed by atoms with Crippen molar-refractivity contribution >= 4 is 37.4 Å². The number of nitrogens with one attached hydrogen (secondary N) is 2. The summed E-state index contributed by atoms with van der Waals surface area (Å²) < 4.78 is 11.4. The van der Waals surface area contributed by atoms with Crippen LogP contribution in [0, 0.1) is 17.2 Å². The molecule has 0 aromatic heterocycles. The van der Waals surface area contributed by atoms with Crippen molar-refractivity contribution < 1.29 is 23.5 Å². The lowest BCUT2D eigenvalue weighted by molar-refractivity contribution is -0.143. The maximum Gasteiger partial charge on any atom is 0.360 e. The van der Waals surface area contributed by atoms with Crippen LogP contribution in [0.3, 0.4) is 0 Å². The minimum absolute atomic E-state index is 0.0342. The first kappa shape index (κ1) is 27.2. The highest BCUT2D eigenvalue weighted by Crippen LogP contribution is 2.39. The third kappa shape index (κ3) is 6.10. The Morgan fingerprint density at radius 1 is 1.24 bits per heavy atom. The zero-order chi connectivity index (χ0) is 25.8.